The summed E-state index contributed by atoms with van der Waals surface area (Å²) in [6.45, 7) is 6.30. The summed E-state index contributed by atoms with van der Waals surface area (Å²) in [5, 5.41) is 4.70. The van der Waals surface area contributed by atoms with Crippen LogP contribution in [0.3, 0.4) is 0 Å². The Morgan fingerprint density at radius 1 is 1.17 bits per heavy atom. The van der Waals surface area contributed by atoms with Crippen molar-refractivity contribution in [1.29, 1.82) is 0 Å². The Hall–Kier alpha value is -0.890. The van der Waals surface area contributed by atoms with Crippen LogP contribution in [0.5, 0.6) is 0 Å². The summed E-state index contributed by atoms with van der Waals surface area (Å²) in [5.74, 6) is 1.05. The van der Waals surface area contributed by atoms with Crippen LogP contribution in [-0.2, 0) is 0 Å². The van der Waals surface area contributed by atoms with Gasteiger partial charge in [-0.25, -0.2) is 9.50 Å². The molecule has 6 heteroatoms. The largest absolute Gasteiger partial charge is 0.353 e. The summed E-state index contributed by atoms with van der Waals surface area (Å²) in [6.07, 6.45) is 0. The molecule has 0 unspecified atom stereocenters. The lowest BCUT2D eigenvalue weighted by Gasteiger charge is -2.33. The van der Waals surface area contributed by atoms with Crippen LogP contribution in [0.25, 0.3) is 5.65 Å². The highest BCUT2D eigenvalue weighted by Crippen LogP contribution is 2.17. The van der Waals surface area contributed by atoms with Crippen molar-refractivity contribution in [2.45, 2.75) is 6.92 Å². The number of halogens is 1. The van der Waals surface area contributed by atoms with Gasteiger partial charge in [0.25, 0.3) is 0 Å². The molecule has 5 nitrogen and oxygen atoms in total. The van der Waals surface area contributed by atoms with Crippen LogP contribution in [0, 0.1) is 10.6 Å². The van der Waals surface area contributed by atoms with Crippen molar-refractivity contribution in [1.82, 2.24) is 19.5 Å². The van der Waals surface area contributed by atoms with E-state index < -0.39 is 0 Å². The fraction of sp³-hybridized carbons (Fsp3) is 0.500. The molecule has 0 radical (unpaired) electrons. The van der Waals surface area contributed by atoms with Crippen LogP contribution in [0.15, 0.2) is 12.1 Å². The number of anilines is 1. The van der Waals surface area contributed by atoms with Crippen molar-refractivity contribution in [3.05, 3.63) is 21.5 Å². The van der Waals surface area contributed by atoms with Gasteiger partial charge in [-0.15, -0.1) is 5.10 Å². The maximum atomic E-state index is 4.70. The minimum Gasteiger partial charge on any atom is -0.353 e. The molecule has 1 saturated heterocycles. The molecule has 0 saturated carbocycles. The Morgan fingerprint density at radius 2 is 1.89 bits per heavy atom. The van der Waals surface area contributed by atoms with Crippen molar-refractivity contribution in [3.8, 4) is 0 Å². The van der Waals surface area contributed by atoms with E-state index in [4.69, 9.17) is 5.10 Å². The molecule has 0 aromatic carbocycles. The molecular formula is C12H16IN5. The average Bonchev–Trinajstić information content (AvgIpc) is 2.66. The van der Waals surface area contributed by atoms with Crippen molar-refractivity contribution in [3.63, 3.8) is 0 Å². The van der Waals surface area contributed by atoms with Gasteiger partial charge in [0, 0.05) is 26.2 Å². The van der Waals surface area contributed by atoms with Crippen molar-refractivity contribution in [2.24, 2.45) is 0 Å². The molecule has 3 heterocycles. The van der Waals surface area contributed by atoms with Crippen molar-refractivity contribution in [2.75, 3.05) is 38.1 Å². The highest BCUT2D eigenvalue weighted by Gasteiger charge is 2.16. The van der Waals surface area contributed by atoms with Gasteiger partial charge in [-0.2, -0.15) is 0 Å². The Kier molecular flexibility index (Phi) is 3.14. The first-order valence-corrected chi connectivity index (χ1v) is 7.18. The number of aromatic nitrogens is 3. The summed E-state index contributed by atoms with van der Waals surface area (Å²) in [6, 6.07) is 4.12. The molecule has 18 heavy (non-hydrogen) atoms. The van der Waals surface area contributed by atoms with Gasteiger partial charge in [0.15, 0.2) is 5.65 Å². The Balaban J connectivity index is 1.95. The van der Waals surface area contributed by atoms with E-state index in [2.05, 4.69) is 56.6 Å². The van der Waals surface area contributed by atoms with E-state index in [-0.39, 0.29) is 0 Å². The van der Waals surface area contributed by atoms with Crippen molar-refractivity contribution < 1.29 is 0 Å². The number of likely N-dealkylation sites (N-methyl/N-ethyl adjacent to an activating group) is 1. The quantitative estimate of drug-likeness (QED) is 0.723. The molecule has 1 fully saturated rings. The summed E-state index contributed by atoms with van der Waals surface area (Å²) in [5.41, 5.74) is 1.97. The molecule has 2 aromatic heterocycles. The molecule has 0 N–H and O–H groups in total. The van der Waals surface area contributed by atoms with E-state index in [1.807, 2.05) is 11.4 Å². The number of hydrogen-bond donors (Lipinski definition) is 0. The van der Waals surface area contributed by atoms with Crippen LogP contribution in [0.1, 0.15) is 5.69 Å². The molecule has 1 aliphatic heterocycles. The fourth-order valence-corrected chi connectivity index (χ4v) is 2.69. The summed E-state index contributed by atoms with van der Waals surface area (Å²) >= 11 is 2.30. The van der Waals surface area contributed by atoms with Gasteiger partial charge in [0.2, 0.25) is 0 Å². The first-order valence-electron chi connectivity index (χ1n) is 6.10. The monoisotopic (exact) mass is 357 g/mol. The smallest absolute Gasteiger partial charge is 0.155 e. The van der Waals surface area contributed by atoms with Crippen LogP contribution < -0.4 is 4.90 Å². The molecule has 0 aliphatic carbocycles. The molecule has 0 atom stereocenters. The number of fused-ring (bicyclic) bond motifs is 1. The average molecular weight is 357 g/mol. The third-order valence-corrected chi connectivity index (χ3v) is 4.63. The molecule has 1 aliphatic rings. The Labute approximate surface area is 120 Å². The number of imidazole rings is 1. The lowest BCUT2D eigenvalue weighted by molar-refractivity contribution is 0.311. The molecule has 0 bridgehead atoms. The molecule has 3 rings (SSSR count). The van der Waals surface area contributed by atoms with Crippen LogP contribution >= 0.6 is 22.6 Å². The molecule has 2 aromatic rings. The van der Waals surface area contributed by atoms with Gasteiger partial charge in [-0.1, -0.05) is 0 Å². The van der Waals surface area contributed by atoms with E-state index >= 15 is 0 Å². The number of aryl methyl sites for hydroxylation is 1. The standard InChI is InChI=1S/C12H16IN5/c1-9-12(13)18-10(14-9)3-4-11(15-18)17-7-5-16(2)6-8-17/h3-4H,5-8H2,1-2H3. The van der Waals surface area contributed by atoms with E-state index in [0.717, 1.165) is 47.0 Å². The van der Waals surface area contributed by atoms with Crippen LogP contribution in [0.2, 0.25) is 0 Å². The van der Waals surface area contributed by atoms with E-state index in [0.29, 0.717) is 0 Å². The highest BCUT2D eigenvalue weighted by molar-refractivity contribution is 14.1. The lowest BCUT2D eigenvalue weighted by atomic mass is 10.3. The Morgan fingerprint density at radius 3 is 2.61 bits per heavy atom. The predicted molar refractivity (Wildman–Crippen MR) is 80.2 cm³/mol. The van der Waals surface area contributed by atoms with Gasteiger partial charge < -0.3 is 9.80 Å². The maximum Gasteiger partial charge on any atom is 0.155 e. The zero-order valence-electron chi connectivity index (χ0n) is 10.6. The summed E-state index contributed by atoms with van der Waals surface area (Å²) < 4.78 is 3.03. The molecule has 0 amide bonds. The van der Waals surface area contributed by atoms with Gasteiger partial charge in [0.1, 0.15) is 9.52 Å². The maximum absolute atomic E-state index is 4.70. The summed E-state index contributed by atoms with van der Waals surface area (Å²) in [4.78, 5) is 9.16. The van der Waals surface area contributed by atoms with E-state index in [9.17, 15) is 0 Å². The zero-order valence-corrected chi connectivity index (χ0v) is 12.8. The number of hydrogen-bond acceptors (Lipinski definition) is 4. The highest BCUT2D eigenvalue weighted by atomic mass is 127. The third kappa shape index (κ3) is 2.07. The van der Waals surface area contributed by atoms with Crippen LogP contribution in [-0.4, -0.2) is 52.7 Å². The molecule has 96 valence electrons. The number of nitrogens with zero attached hydrogens (tertiary/aromatic N) is 5. The zero-order chi connectivity index (χ0) is 12.7. The normalized spacial score (nSPS) is 17.6. The second-order valence-electron chi connectivity index (χ2n) is 4.74. The Bertz CT molecular complexity index is 571. The second-order valence-corrected chi connectivity index (χ2v) is 5.76. The van der Waals surface area contributed by atoms with Gasteiger partial charge >= 0.3 is 0 Å². The first-order chi connectivity index (χ1) is 8.65. The predicted octanol–water partition coefficient (Wildman–Crippen LogP) is 1.39. The SMILES string of the molecule is Cc1nc2ccc(N3CCN(C)CC3)nn2c1I. The minimum absolute atomic E-state index is 0.926. The molecular weight excluding hydrogens is 341 g/mol. The van der Waals surface area contributed by atoms with Gasteiger partial charge in [-0.3, -0.25) is 0 Å². The second kappa shape index (κ2) is 4.65. The van der Waals surface area contributed by atoms with Crippen molar-refractivity contribution >= 4 is 34.1 Å². The molecule has 0 spiro atoms. The minimum atomic E-state index is 0.926. The first kappa shape index (κ1) is 12.2. The lowest BCUT2D eigenvalue weighted by Crippen LogP contribution is -2.44. The third-order valence-electron chi connectivity index (χ3n) is 3.39. The number of piperazine rings is 1. The van der Waals surface area contributed by atoms with Gasteiger partial charge in [-0.05, 0) is 48.7 Å². The van der Waals surface area contributed by atoms with Gasteiger partial charge in [0.05, 0.1) is 5.69 Å². The fourth-order valence-electron chi connectivity index (χ4n) is 2.21. The van der Waals surface area contributed by atoms with E-state index in [1.54, 1.807) is 0 Å². The van der Waals surface area contributed by atoms with Crippen LogP contribution in [0.4, 0.5) is 5.82 Å². The topological polar surface area (TPSA) is 36.7 Å². The number of rotatable bonds is 1. The summed E-state index contributed by atoms with van der Waals surface area (Å²) in [7, 11) is 2.16. The van der Waals surface area contributed by atoms with E-state index in [1.165, 1.54) is 0 Å².